The fraction of sp³-hybridized carbons (Fsp3) is 0.417. The smallest absolute Gasteiger partial charge is 0.283 e. The number of hydrogen-bond acceptors (Lipinski definition) is 3. The van der Waals surface area contributed by atoms with Crippen LogP contribution in [0.4, 0.5) is 5.69 Å². The molecule has 0 aliphatic rings. The van der Waals surface area contributed by atoms with E-state index in [4.69, 9.17) is 11.6 Å². The number of carbonyl (C=O) groups is 1. The van der Waals surface area contributed by atoms with Crippen molar-refractivity contribution in [3.8, 4) is 0 Å². The fourth-order valence-electron chi connectivity index (χ4n) is 1.31. The van der Waals surface area contributed by atoms with Gasteiger partial charge in [-0.25, -0.2) is 0 Å². The molecule has 0 unspecified atom stereocenters. The second-order valence-electron chi connectivity index (χ2n) is 4.90. The molecule has 7 heteroatoms. The normalized spacial score (nSPS) is 11.2. The Hall–Kier alpha value is -1.14. The van der Waals surface area contributed by atoms with Gasteiger partial charge in [0.2, 0.25) is 0 Å². The minimum atomic E-state index is -0.615. The summed E-state index contributed by atoms with van der Waals surface area (Å²) in [4.78, 5) is 22.3. The van der Waals surface area contributed by atoms with Crippen LogP contribution in [0.25, 0.3) is 0 Å². The van der Waals surface area contributed by atoms with Crippen LogP contribution in [0.2, 0.25) is 5.02 Å². The molecule has 0 aliphatic carbocycles. The molecular weight excluding hydrogens is 336 g/mol. The molecule has 0 aromatic heterocycles. The van der Waals surface area contributed by atoms with Gasteiger partial charge in [-0.05, 0) is 17.5 Å². The Morgan fingerprint density at radius 1 is 1.53 bits per heavy atom. The van der Waals surface area contributed by atoms with Gasteiger partial charge in [0.05, 0.1) is 4.92 Å². The van der Waals surface area contributed by atoms with Crippen molar-refractivity contribution in [1.82, 2.24) is 5.32 Å². The van der Waals surface area contributed by atoms with Gasteiger partial charge in [-0.1, -0.05) is 41.4 Å². The Morgan fingerprint density at radius 2 is 2.16 bits per heavy atom. The minimum Gasteiger partial charge on any atom is -0.351 e. The van der Waals surface area contributed by atoms with Crippen molar-refractivity contribution in [2.45, 2.75) is 13.8 Å². The molecule has 5 nitrogen and oxygen atoms in total. The van der Waals surface area contributed by atoms with Crippen molar-refractivity contribution < 1.29 is 9.72 Å². The highest BCUT2D eigenvalue weighted by atomic mass is 79.9. The highest BCUT2D eigenvalue weighted by molar-refractivity contribution is 9.09. The number of nitro groups is 1. The van der Waals surface area contributed by atoms with E-state index in [1.807, 2.05) is 13.8 Å². The van der Waals surface area contributed by atoms with E-state index >= 15 is 0 Å². The molecule has 0 aliphatic heterocycles. The lowest BCUT2D eigenvalue weighted by molar-refractivity contribution is -0.385. The van der Waals surface area contributed by atoms with Crippen LogP contribution < -0.4 is 5.32 Å². The van der Waals surface area contributed by atoms with Gasteiger partial charge in [0.15, 0.2) is 0 Å². The Kier molecular flexibility index (Phi) is 5.31. The monoisotopic (exact) mass is 348 g/mol. The van der Waals surface area contributed by atoms with Gasteiger partial charge in [0.1, 0.15) is 5.56 Å². The largest absolute Gasteiger partial charge is 0.351 e. The highest BCUT2D eigenvalue weighted by Crippen LogP contribution is 2.23. The van der Waals surface area contributed by atoms with E-state index in [1.165, 1.54) is 18.2 Å². The summed E-state index contributed by atoms with van der Waals surface area (Å²) in [6.45, 7) is 4.35. The highest BCUT2D eigenvalue weighted by Gasteiger charge is 2.23. The number of halogens is 2. The van der Waals surface area contributed by atoms with E-state index in [1.54, 1.807) is 0 Å². The Bertz CT molecular complexity index is 506. The number of rotatable bonds is 5. The molecule has 1 N–H and O–H groups in total. The first kappa shape index (κ1) is 15.9. The van der Waals surface area contributed by atoms with Crippen LogP contribution in [0.1, 0.15) is 24.2 Å². The number of amides is 1. The molecule has 1 rings (SSSR count). The van der Waals surface area contributed by atoms with E-state index in [0.29, 0.717) is 11.9 Å². The minimum absolute atomic E-state index is 0.0137. The molecule has 0 bridgehead atoms. The molecule has 0 atom stereocenters. The van der Waals surface area contributed by atoms with E-state index in [-0.39, 0.29) is 21.7 Å². The summed E-state index contributed by atoms with van der Waals surface area (Å²) in [5.74, 6) is -0.475. The van der Waals surface area contributed by atoms with Crippen LogP contribution >= 0.6 is 27.5 Å². The van der Waals surface area contributed by atoms with Crippen molar-refractivity contribution in [2.24, 2.45) is 5.41 Å². The lowest BCUT2D eigenvalue weighted by Crippen LogP contribution is -2.35. The third-order valence-electron chi connectivity index (χ3n) is 2.49. The molecule has 0 fully saturated rings. The van der Waals surface area contributed by atoms with Gasteiger partial charge in [0.25, 0.3) is 11.6 Å². The molecule has 0 spiro atoms. The van der Waals surface area contributed by atoms with Crippen molar-refractivity contribution in [3.05, 3.63) is 38.9 Å². The van der Waals surface area contributed by atoms with Crippen molar-refractivity contribution in [2.75, 3.05) is 11.9 Å². The standard InChI is InChI=1S/C12H14BrClN2O3/c1-12(2,6-13)7-15-11(17)9-4-3-8(14)5-10(9)16(18)19/h3-5H,6-7H2,1-2H3,(H,15,17). The predicted molar refractivity (Wildman–Crippen MR) is 78.0 cm³/mol. The summed E-state index contributed by atoms with van der Waals surface area (Å²) >= 11 is 9.04. The number of nitrogens with one attached hydrogen (secondary N) is 1. The number of nitro benzene ring substituents is 1. The number of hydrogen-bond donors (Lipinski definition) is 1. The van der Waals surface area contributed by atoms with Gasteiger partial charge < -0.3 is 5.32 Å². The van der Waals surface area contributed by atoms with E-state index in [2.05, 4.69) is 21.2 Å². The molecule has 0 saturated carbocycles. The van der Waals surface area contributed by atoms with Gasteiger partial charge in [-0.3, -0.25) is 14.9 Å². The molecule has 19 heavy (non-hydrogen) atoms. The lowest BCUT2D eigenvalue weighted by Gasteiger charge is -2.21. The number of benzene rings is 1. The molecular formula is C12H14BrClN2O3. The molecule has 104 valence electrons. The molecule has 1 amide bonds. The zero-order valence-corrected chi connectivity index (χ0v) is 12.9. The van der Waals surface area contributed by atoms with Crippen LogP contribution in [-0.2, 0) is 0 Å². The van der Waals surface area contributed by atoms with Crippen LogP contribution in [0, 0.1) is 15.5 Å². The molecule has 0 radical (unpaired) electrons. The van der Waals surface area contributed by atoms with Gasteiger partial charge in [-0.15, -0.1) is 0 Å². The topological polar surface area (TPSA) is 72.2 Å². The predicted octanol–water partition coefficient (Wildman–Crippen LogP) is 3.40. The average Bonchev–Trinajstić information content (AvgIpc) is 2.36. The number of alkyl halides is 1. The molecule has 1 aromatic carbocycles. The number of carbonyl (C=O) groups excluding carboxylic acids is 1. The summed E-state index contributed by atoms with van der Waals surface area (Å²) < 4.78 is 0. The van der Waals surface area contributed by atoms with E-state index in [9.17, 15) is 14.9 Å². The Morgan fingerprint density at radius 3 is 2.68 bits per heavy atom. The second-order valence-corrected chi connectivity index (χ2v) is 5.90. The first-order valence-electron chi connectivity index (χ1n) is 5.55. The third kappa shape index (κ3) is 4.47. The van der Waals surface area contributed by atoms with Gasteiger partial charge in [0, 0.05) is 23.0 Å². The van der Waals surface area contributed by atoms with E-state index < -0.39 is 10.8 Å². The van der Waals surface area contributed by atoms with Crippen molar-refractivity contribution in [3.63, 3.8) is 0 Å². The van der Waals surface area contributed by atoms with Crippen LogP contribution in [-0.4, -0.2) is 22.7 Å². The van der Waals surface area contributed by atoms with Crippen LogP contribution in [0.15, 0.2) is 18.2 Å². The van der Waals surface area contributed by atoms with E-state index in [0.717, 1.165) is 0 Å². The number of nitrogens with zero attached hydrogens (tertiary/aromatic N) is 1. The molecule has 0 saturated heterocycles. The molecule has 0 heterocycles. The van der Waals surface area contributed by atoms with Gasteiger partial charge >= 0.3 is 0 Å². The van der Waals surface area contributed by atoms with Crippen molar-refractivity contribution >= 4 is 39.1 Å². The first-order chi connectivity index (χ1) is 8.76. The summed E-state index contributed by atoms with van der Waals surface area (Å²) in [7, 11) is 0. The second kappa shape index (κ2) is 6.34. The maximum absolute atomic E-state index is 12.0. The average molecular weight is 350 g/mol. The fourth-order valence-corrected chi connectivity index (χ4v) is 1.67. The summed E-state index contributed by atoms with van der Waals surface area (Å²) in [5.41, 5.74) is -0.405. The van der Waals surface area contributed by atoms with Crippen LogP contribution in [0.3, 0.4) is 0 Å². The summed E-state index contributed by atoms with van der Waals surface area (Å²) in [6, 6.07) is 3.99. The maximum atomic E-state index is 12.0. The summed E-state index contributed by atoms with van der Waals surface area (Å²) in [5, 5.41) is 14.5. The Balaban J connectivity index is 2.91. The third-order valence-corrected chi connectivity index (χ3v) is 4.24. The van der Waals surface area contributed by atoms with Crippen LogP contribution in [0.5, 0.6) is 0 Å². The van der Waals surface area contributed by atoms with Crippen molar-refractivity contribution in [1.29, 1.82) is 0 Å². The molecule has 1 aromatic rings. The quantitative estimate of drug-likeness (QED) is 0.503. The zero-order chi connectivity index (χ0) is 14.6. The first-order valence-corrected chi connectivity index (χ1v) is 7.05. The Labute approximate surface area is 124 Å². The zero-order valence-electron chi connectivity index (χ0n) is 10.6. The summed E-state index contributed by atoms with van der Waals surface area (Å²) in [6.07, 6.45) is 0. The van der Waals surface area contributed by atoms with Gasteiger partial charge in [-0.2, -0.15) is 0 Å². The lowest BCUT2D eigenvalue weighted by atomic mass is 9.96. The maximum Gasteiger partial charge on any atom is 0.283 e. The SMILES string of the molecule is CC(C)(CBr)CNC(=O)c1ccc(Cl)cc1[N+](=O)[O-].